The Kier molecular flexibility index (Phi) is 5.32. The summed E-state index contributed by atoms with van der Waals surface area (Å²) >= 11 is 0. The number of aromatic nitrogens is 1. The third kappa shape index (κ3) is 3.92. The summed E-state index contributed by atoms with van der Waals surface area (Å²) in [5.74, 6) is 0.360. The fraction of sp³-hybridized carbons (Fsp3) is 0.600. The van der Waals surface area contributed by atoms with Crippen molar-refractivity contribution in [1.29, 1.82) is 0 Å². The van der Waals surface area contributed by atoms with Gasteiger partial charge in [-0.3, -0.25) is 4.79 Å². The predicted octanol–water partition coefficient (Wildman–Crippen LogP) is 2.96. The highest BCUT2D eigenvalue weighted by molar-refractivity contribution is 5.98. The fourth-order valence-corrected chi connectivity index (χ4v) is 2.77. The Labute approximate surface area is 119 Å². The van der Waals surface area contributed by atoms with Crippen LogP contribution in [0.2, 0.25) is 0 Å². The molecule has 1 aliphatic carbocycles. The molecule has 1 aromatic rings. The van der Waals surface area contributed by atoms with Crippen molar-refractivity contribution in [2.45, 2.75) is 38.5 Å². The molecule has 0 radical (unpaired) electrons. The molecule has 110 valence electrons. The van der Waals surface area contributed by atoms with Gasteiger partial charge in [-0.2, -0.15) is 0 Å². The summed E-state index contributed by atoms with van der Waals surface area (Å²) in [5.41, 5.74) is 0.260. The molecule has 4 nitrogen and oxygen atoms in total. The van der Waals surface area contributed by atoms with Crippen LogP contribution < -0.4 is 10.6 Å². The maximum atomic E-state index is 13.2. The van der Waals surface area contributed by atoms with Crippen molar-refractivity contribution in [1.82, 2.24) is 10.3 Å². The zero-order chi connectivity index (χ0) is 14.4. The van der Waals surface area contributed by atoms with E-state index < -0.39 is 5.82 Å². The predicted molar refractivity (Wildman–Crippen MR) is 77.3 cm³/mol. The van der Waals surface area contributed by atoms with Crippen molar-refractivity contribution in [3.63, 3.8) is 0 Å². The van der Waals surface area contributed by atoms with Gasteiger partial charge < -0.3 is 10.6 Å². The van der Waals surface area contributed by atoms with Crippen LogP contribution in [0.15, 0.2) is 12.3 Å². The summed E-state index contributed by atoms with van der Waals surface area (Å²) in [6.07, 6.45) is 8.57. The van der Waals surface area contributed by atoms with Crippen LogP contribution in [0.3, 0.4) is 0 Å². The van der Waals surface area contributed by atoms with Crippen LogP contribution in [0.4, 0.5) is 10.2 Å². The normalized spacial score (nSPS) is 15.9. The Morgan fingerprint density at radius 2 is 2.15 bits per heavy atom. The average molecular weight is 279 g/mol. The Balaban J connectivity index is 1.86. The number of nitrogens with zero attached hydrogens (tertiary/aromatic N) is 1. The molecule has 1 amide bonds. The number of carbonyl (C=O) groups excluding carboxylic acids is 1. The second-order valence-corrected chi connectivity index (χ2v) is 5.35. The molecule has 0 atom stereocenters. The Morgan fingerprint density at radius 3 is 2.85 bits per heavy atom. The van der Waals surface area contributed by atoms with Crippen LogP contribution in [0, 0.1) is 11.7 Å². The molecular formula is C15H22FN3O. The number of amides is 1. The quantitative estimate of drug-likeness (QED) is 0.871. The molecule has 2 rings (SSSR count). The van der Waals surface area contributed by atoms with E-state index in [0.717, 1.165) is 18.5 Å². The van der Waals surface area contributed by atoms with E-state index in [4.69, 9.17) is 0 Å². The van der Waals surface area contributed by atoms with Crippen molar-refractivity contribution in [3.05, 3.63) is 23.6 Å². The van der Waals surface area contributed by atoms with Gasteiger partial charge in [-0.15, -0.1) is 0 Å². The van der Waals surface area contributed by atoms with Gasteiger partial charge in [-0.1, -0.05) is 32.1 Å². The minimum Gasteiger partial charge on any atom is -0.372 e. The molecule has 0 unspecified atom stereocenters. The molecule has 1 aromatic heterocycles. The van der Waals surface area contributed by atoms with Gasteiger partial charge in [0, 0.05) is 13.6 Å². The number of rotatable bonds is 5. The van der Waals surface area contributed by atoms with Gasteiger partial charge in [0.05, 0.1) is 11.8 Å². The van der Waals surface area contributed by atoms with Gasteiger partial charge in [0.1, 0.15) is 11.6 Å². The number of carbonyl (C=O) groups is 1. The lowest BCUT2D eigenvalue weighted by Gasteiger charge is -2.21. The van der Waals surface area contributed by atoms with E-state index in [2.05, 4.69) is 15.6 Å². The molecule has 2 N–H and O–H groups in total. The summed E-state index contributed by atoms with van der Waals surface area (Å²) in [6, 6.07) is 1.22. The lowest BCUT2D eigenvalue weighted by molar-refractivity contribution is 0.0950. The second-order valence-electron chi connectivity index (χ2n) is 5.35. The van der Waals surface area contributed by atoms with Crippen LogP contribution in [0.1, 0.15) is 48.9 Å². The Bertz CT molecular complexity index is 458. The second kappa shape index (κ2) is 7.22. The number of hydrogen-bond donors (Lipinski definition) is 2. The van der Waals surface area contributed by atoms with Gasteiger partial charge in [0.25, 0.3) is 5.91 Å². The summed E-state index contributed by atoms with van der Waals surface area (Å²) in [4.78, 5) is 15.9. The first-order chi connectivity index (χ1) is 9.70. The highest BCUT2D eigenvalue weighted by Gasteiger charge is 2.15. The van der Waals surface area contributed by atoms with E-state index >= 15 is 0 Å². The third-order valence-corrected chi connectivity index (χ3v) is 3.90. The first kappa shape index (κ1) is 14.8. The highest BCUT2D eigenvalue weighted by atomic mass is 19.1. The molecule has 5 heteroatoms. The van der Waals surface area contributed by atoms with E-state index in [0.29, 0.717) is 12.4 Å². The molecule has 0 bridgehead atoms. The highest BCUT2D eigenvalue weighted by Crippen LogP contribution is 2.25. The van der Waals surface area contributed by atoms with Crippen LogP contribution in [0.5, 0.6) is 0 Å². The molecule has 0 spiro atoms. The first-order valence-corrected chi connectivity index (χ1v) is 7.32. The van der Waals surface area contributed by atoms with Gasteiger partial charge in [0.2, 0.25) is 0 Å². The van der Waals surface area contributed by atoms with E-state index in [9.17, 15) is 9.18 Å². The van der Waals surface area contributed by atoms with Crippen molar-refractivity contribution in [2.24, 2.45) is 5.92 Å². The van der Waals surface area contributed by atoms with Gasteiger partial charge >= 0.3 is 0 Å². The summed E-state index contributed by atoms with van der Waals surface area (Å²) < 4.78 is 13.2. The SMILES string of the molecule is CNc1ncc(F)cc1C(=O)NCCC1CCCCC1. The molecular weight excluding hydrogens is 257 g/mol. The largest absolute Gasteiger partial charge is 0.372 e. The topological polar surface area (TPSA) is 54.0 Å². The van der Waals surface area contributed by atoms with Crippen LogP contribution >= 0.6 is 0 Å². The zero-order valence-corrected chi connectivity index (χ0v) is 11.9. The summed E-state index contributed by atoms with van der Waals surface area (Å²) in [5, 5.41) is 5.67. The standard InChI is InChI=1S/C15H22FN3O/c1-17-14-13(9-12(16)10-19-14)15(20)18-8-7-11-5-3-2-4-6-11/h9-11H,2-8H2,1H3,(H,17,19)(H,18,20). The van der Waals surface area contributed by atoms with Gasteiger partial charge in [-0.25, -0.2) is 9.37 Å². The Morgan fingerprint density at radius 1 is 1.40 bits per heavy atom. The molecule has 1 fully saturated rings. The molecule has 0 aromatic carbocycles. The molecule has 20 heavy (non-hydrogen) atoms. The van der Waals surface area contributed by atoms with Gasteiger partial charge in [0.15, 0.2) is 0 Å². The van der Waals surface area contributed by atoms with Crippen LogP contribution in [-0.4, -0.2) is 24.5 Å². The van der Waals surface area contributed by atoms with Crippen molar-refractivity contribution in [2.75, 3.05) is 18.9 Å². The number of halogens is 1. The van der Waals surface area contributed by atoms with E-state index in [-0.39, 0.29) is 11.5 Å². The van der Waals surface area contributed by atoms with Crippen molar-refractivity contribution in [3.8, 4) is 0 Å². The van der Waals surface area contributed by atoms with Crippen LogP contribution in [-0.2, 0) is 0 Å². The molecule has 1 saturated carbocycles. The fourth-order valence-electron chi connectivity index (χ4n) is 2.77. The van der Waals surface area contributed by atoms with Gasteiger partial charge in [-0.05, 0) is 18.4 Å². The molecule has 0 aliphatic heterocycles. The molecule has 1 aliphatic rings. The summed E-state index contributed by atoms with van der Waals surface area (Å²) in [7, 11) is 1.67. The minimum absolute atomic E-state index is 0.260. The monoisotopic (exact) mass is 279 g/mol. The summed E-state index contributed by atoms with van der Waals surface area (Å²) in [6.45, 7) is 0.642. The number of nitrogens with one attached hydrogen (secondary N) is 2. The van der Waals surface area contributed by atoms with E-state index in [1.54, 1.807) is 7.05 Å². The zero-order valence-electron chi connectivity index (χ0n) is 11.9. The van der Waals surface area contributed by atoms with Crippen molar-refractivity contribution < 1.29 is 9.18 Å². The number of pyridine rings is 1. The lowest BCUT2D eigenvalue weighted by Crippen LogP contribution is -2.27. The molecule has 0 saturated heterocycles. The Hall–Kier alpha value is -1.65. The average Bonchev–Trinajstić information content (AvgIpc) is 2.48. The smallest absolute Gasteiger partial charge is 0.255 e. The van der Waals surface area contributed by atoms with Crippen LogP contribution in [0.25, 0.3) is 0 Å². The number of hydrogen-bond acceptors (Lipinski definition) is 3. The first-order valence-electron chi connectivity index (χ1n) is 7.32. The lowest BCUT2D eigenvalue weighted by atomic mass is 9.87. The van der Waals surface area contributed by atoms with Crippen molar-refractivity contribution >= 4 is 11.7 Å². The minimum atomic E-state index is -0.499. The maximum absolute atomic E-state index is 13.2. The molecule has 1 heterocycles. The van der Waals surface area contributed by atoms with E-state index in [1.165, 1.54) is 38.2 Å². The maximum Gasteiger partial charge on any atom is 0.255 e. The number of anilines is 1. The third-order valence-electron chi connectivity index (χ3n) is 3.90. The van der Waals surface area contributed by atoms with E-state index in [1.807, 2.05) is 0 Å².